The van der Waals surface area contributed by atoms with Gasteiger partial charge in [-0.25, -0.2) is 13.2 Å². The van der Waals surface area contributed by atoms with E-state index in [-0.39, 0.29) is 23.5 Å². The zero-order valence-electron chi connectivity index (χ0n) is 13.2. The lowest BCUT2D eigenvalue weighted by Gasteiger charge is -2.22. The van der Waals surface area contributed by atoms with Crippen molar-refractivity contribution in [3.63, 3.8) is 0 Å². The highest BCUT2D eigenvalue weighted by Gasteiger charge is 2.38. The third-order valence-electron chi connectivity index (χ3n) is 4.90. The topological polar surface area (TPSA) is 75.3 Å². The summed E-state index contributed by atoms with van der Waals surface area (Å²) in [6.07, 6.45) is 2.44. The molecule has 5 nitrogen and oxygen atoms in total. The zero-order chi connectivity index (χ0) is 16.3. The molecule has 2 N–H and O–H groups in total. The first-order valence-electron chi connectivity index (χ1n) is 8.30. The maximum Gasteiger partial charge on any atom is 0.314 e. The van der Waals surface area contributed by atoms with E-state index in [1.807, 2.05) is 6.07 Å². The fourth-order valence-electron chi connectivity index (χ4n) is 3.25. The molecule has 1 aliphatic carbocycles. The van der Waals surface area contributed by atoms with Crippen molar-refractivity contribution in [2.24, 2.45) is 11.8 Å². The van der Waals surface area contributed by atoms with Crippen LogP contribution in [0.2, 0.25) is 0 Å². The minimum atomic E-state index is -2.83. The van der Waals surface area contributed by atoms with E-state index in [0.717, 1.165) is 6.42 Å². The van der Waals surface area contributed by atoms with Crippen LogP contribution in [-0.4, -0.2) is 39.0 Å². The summed E-state index contributed by atoms with van der Waals surface area (Å²) in [7, 11) is -2.83. The number of rotatable bonds is 5. The Kier molecular flexibility index (Phi) is 4.90. The SMILES string of the molecule is O=C(NCC1CCS(=O)(=O)CC1)NC[C@H]1C[C@H]1c1ccccc1. The first kappa shape index (κ1) is 16.3. The molecule has 0 aromatic heterocycles. The number of sulfone groups is 1. The second-order valence-electron chi connectivity index (χ2n) is 6.70. The monoisotopic (exact) mass is 336 g/mol. The average molecular weight is 336 g/mol. The molecule has 2 amide bonds. The molecule has 6 heteroatoms. The molecule has 2 fully saturated rings. The lowest BCUT2D eigenvalue weighted by Crippen LogP contribution is -2.40. The smallest absolute Gasteiger partial charge is 0.314 e. The minimum Gasteiger partial charge on any atom is -0.338 e. The van der Waals surface area contributed by atoms with Crippen molar-refractivity contribution in [2.45, 2.75) is 25.2 Å². The second kappa shape index (κ2) is 6.91. The van der Waals surface area contributed by atoms with Gasteiger partial charge < -0.3 is 10.6 Å². The summed E-state index contributed by atoms with van der Waals surface area (Å²) in [5.41, 5.74) is 1.35. The number of hydrogen-bond donors (Lipinski definition) is 2. The Morgan fingerprint density at radius 3 is 2.39 bits per heavy atom. The van der Waals surface area contributed by atoms with Gasteiger partial charge in [0.05, 0.1) is 11.5 Å². The highest BCUT2D eigenvalue weighted by atomic mass is 32.2. The van der Waals surface area contributed by atoms with Crippen molar-refractivity contribution in [1.82, 2.24) is 10.6 Å². The molecule has 1 aliphatic heterocycles. The number of carbonyl (C=O) groups excluding carboxylic acids is 1. The van der Waals surface area contributed by atoms with Gasteiger partial charge in [-0.05, 0) is 42.6 Å². The first-order valence-corrected chi connectivity index (χ1v) is 10.1. The van der Waals surface area contributed by atoms with Crippen LogP contribution in [0, 0.1) is 11.8 Å². The van der Waals surface area contributed by atoms with Crippen LogP contribution < -0.4 is 10.6 Å². The predicted octanol–water partition coefficient (Wildman–Crippen LogP) is 1.91. The molecule has 3 rings (SSSR count). The van der Waals surface area contributed by atoms with Crippen molar-refractivity contribution >= 4 is 15.9 Å². The summed E-state index contributed by atoms with van der Waals surface area (Å²) in [5.74, 6) is 1.88. The highest BCUT2D eigenvalue weighted by Crippen LogP contribution is 2.46. The molecule has 1 saturated heterocycles. The van der Waals surface area contributed by atoms with Crippen LogP contribution >= 0.6 is 0 Å². The number of benzene rings is 1. The zero-order valence-corrected chi connectivity index (χ0v) is 14.0. The van der Waals surface area contributed by atoms with E-state index >= 15 is 0 Å². The van der Waals surface area contributed by atoms with Gasteiger partial charge in [-0.1, -0.05) is 30.3 Å². The van der Waals surface area contributed by atoms with Crippen LogP contribution in [0.5, 0.6) is 0 Å². The molecule has 2 aliphatic rings. The molecule has 0 radical (unpaired) electrons. The lowest BCUT2D eigenvalue weighted by atomic mass is 10.0. The summed E-state index contributed by atoms with van der Waals surface area (Å²) in [6, 6.07) is 10.3. The number of hydrogen-bond acceptors (Lipinski definition) is 3. The third kappa shape index (κ3) is 4.70. The Bertz CT molecular complexity index is 631. The Labute approximate surface area is 137 Å². The van der Waals surface area contributed by atoms with Gasteiger partial charge in [0.1, 0.15) is 9.84 Å². The third-order valence-corrected chi connectivity index (χ3v) is 6.62. The molecule has 0 spiro atoms. The summed E-state index contributed by atoms with van der Waals surface area (Å²) < 4.78 is 22.7. The van der Waals surface area contributed by atoms with Gasteiger partial charge in [0.2, 0.25) is 0 Å². The standard InChI is InChI=1S/C17H24N2O3S/c20-17(18-11-13-6-8-23(21,22)9-7-13)19-12-15-10-16(15)14-4-2-1-3-5-14/h1-5,13,15-16H,6-12H2,(H2,18,19,20)/t15-,16+/m1/s1. The summed E-state index contributed by atoms with van der Waals surface area (Å²) in [5, 5.41) is 5.80. The Morgan fingerprint density at radius 1 is 1.04 bits per heavy atom. The normalized spacial score (nSPS) is 26.4. The van der Waals surface area contributed by atoms with Crippen molar-refractivity contribution in [2.75, 3.05) is 24.6 Å². The van der Waals surface area contributed by atoms with Crippen LogP contribution in [0.4, 0.5) is 4.79 Å². The molecule has 1 aromatic carbocycles. The van der Waals surface area contributed by atoms with E-state index in [1.165, 1.54) is 5.56 Å². The van der Waals surface area contributed by atoms with Crippen molar-refractivity contribution in [3.8, 4) is 0 Å². The van der Waals surface area contributed by atoms with Gasteiger partial charge in [0.25, 0.3) is 0 Å². The van der Waals surface area contributed by atoms with Crippen LogP contribution in [0.15, 0.2) is 30.3 Å². The van der Waals surface area contributed by atoms with Gasteiger partial charge in [0.15, 0.2) is 0 Å². The van der Waals surface area contributed by atoms with Crippen molar-refractivity contribution in [1.29, 1.82) is 0 Å². The number of carbonyl (C=O) groups is 1. The maximum absolute atomic E-state index is 11.8. The number of urea groups is 1. The molecule has 1 saturated carbocycles. The van der Waals surface area contributed by atoms with Crippen molar-refractivity contribution in [3.05, 3.63) is 35.9 Å². The number of amides is 2. The van der Waals surface area contributed by atoms with Crippen LogP contribution in [0.1, 0.15) is 30.7 Å². The average Bonchev–Trinajstić information content (AvgIpc) is 3.32. The number of nitrogens with one attached hydrogen (secondary N) is 2. The first-order chi connectivity index (χ1) is 11.0. The van der Waals surface area contributed by atoms with Crippen LogP contribution in [0.25, 0.3) is 0 Å². The largest absolute Gasteiger partial charge is 0.338 e. The summed E-state index contributed by atoms with van der Waals surface area (Å²) in [4.78, 5) is 11.8. The van der Waals surface area contributed by atoms with E-state index < -0.39 is 9.84 Å². The van der Waals surface area contributed by atoms with Crippen LogP contribution in [0.3, 0.4) is 0 Å². The Hall–Kier alpha value is -1.56. The summed E-state index contributed by atoms with van der Waals surface area (Å²) >= 11 is 0. The van der Waals surface area contributed by atoms with E-state index in [4.69, 9.17) is 0 Å². The minimum absolute atomic E-state index is 0.142. The van der Waals surface area contributed by atoms with E-state index in [0.29, 0.717) is 37.8 Å². The quantitative estimate of drug-likeness (QED) is 0.862. The predicted molar refractivity (Wildman–Crippen MR) is 90.1 cm³/mol. The molecular weight excluding hydrogens is 312 g/mol. The fraction of sp³-hybridized carbons (Fsp3) is 0.588. The molecule has 1 aromatic rings. The molecule has 0 unspecified atom stereocenters. The summed E-state index contributed by atoms with van der Waals surface area (Å²) in [6.45, 7) is 1.26. The highest BCUT2D eigenvalue weighted by molar-refractivity contribution is 7.91. The van der Waals surface area contributed by atoms with E-state index in [9.17, 15) is 13.2 Å². The molecule has 1 heterocycles. The Morgan fingerprint density at radius 2 is 1.70 bits per heavy atom. The fourth-order valence-corrected chi connectivity index (χ4v) is 4.84. The van der Waals surface area contributed by atoms with Gasteiger partial charge in [-0.2, -0.15) is 0 Å². The van der Waals surface area contributed by atoms with Gasteiger partial charge in [-0.3, -0.25) is 0 Å². The molecule has 126 valence electrons. The Balaban J connectivity index is 1.32. The maximum atomic E-state index is 11.8. The van der Waals surface area contributed by atoms with Gasteiger partial charge in [-0.15, -0.1) is 0 Å². The second-order valence-corrected chi connectivity index (χ2v) is 9.00. The lowest BCUT2D eigenvalue weighted by molar-refractivity contribution is 0.238. The van der Waals surface area contributed by atoms with Gasteiger partial charge >= 0.3 is 6.03 Å². The molecule has 23 heavy (non-hydrogen) atoms. The molecular formula is C17H24N2O3S. The van der Waals surface area contributed by atoms with Crippen molar-refractivity contribution < 1.29 is 13.2 Å². The van der Waals surface area contributed by atoms with Gasteiger partial charge in [0, 0.05) is 13.1 Å². The molecule has 2 atom stereocenters. The van der Waals surface area contributed by atoms with E-state index in [2.05, 4.69) is 34.9 Å². The van der Waals surface area contributed by atoms with Crippen LogP contribution in [-0.2, 0) is 9.84 Å². The molecule has 0 bridgehead atoms. The van der Waals surface area contributed by atoms with E-state index in [1.54, 1.807) is 0 Å².